The summed E-state index contributed by atoms with van der Waals surface area (Å²) in [6, 6.07) is 4.98. The summed E-state index contributed by atoms with van der Waals surface area (Å²) in [6.07, 6.45) is 4.54. The van der Waals surface area contributed by atoms with Crippen molar-refractivity contribution in [3.05, 3.63) is 35.7 Å². The average Bonchev–Trinajstić information content (AvgIpc) is 2.82. The molecule has 2 amide bonds. The quantitative estimate of drug-likeness (QED) is 0.544. The van der Waals surface area contributed by atoms with Gasteiger partial charge in [-0.25, -0.2) is 9.18 Å². The SMILES string of the molecule is CC(C)(CO)CNC(=O)C1CC=C(c2ccc(OCC3CCN(C(=O)O)CC3)c(F)c2)CC1. The molecule has 1 aromatic carbocycles. The van der Waals surface area contributed by atoms with E-state index >= 15 is 0 Å². The number of aliphatic hydroxyl groups excluding tert-OH is 1. The smallest absolute Gasteiger partial charge is 0.407 e. The van der Waals surface area contributed by atoms with Gasteiger partial charge in [0.2, 0.25) is 5.91 Å². The van der Waals surface area contributed by atoms with Crippen molar-refractivity contribution < 1.29 is 28.9 Å². The van der Waals surface area contributed by atoms with Crippen LogP contribution in [0.15, 0.2) is 24.3 Å². The fourth-order valence-corrected chi connectivity index (χ4v) is 4.18. The lowest BCUT2D eigenvalue weighted by Crippen LogP contribution is -2.39. The average molecular weight is 463 g/mol. The highest BCUT2D eigenvalue weighted by atomic mass is 19.1. The Kier molecular flexibility index (Phi) is 8.35. The van der Waals surface area contributed by atoms with Crippen molar-refractivity contribution >= 4 is 17.6 Å². The summed E-state index contributed by atoms with van der Waals surface area (Å²) in [5, 5.41) is 21.3. The van der Waals surface area contributed by atoms with Gasteiger partial charge in [0.1, 0.15) is 0 Å². The van der Waals surface area contributed by atoms with Crippen LogP contribution >= 0.6 is 0 Å². The molecule has 8 heteroatoms. The van der Waals surface area contributed by atoms with Crippen LogP contribution in [0.2, 0.25) is 0 Å². The van der Waals surface area contributed by atoms with Gasteiger partial charge in [-0.2, -0.15) is 0 Å². The van der Waals surface area contributed by atoms with E-state index in [1.807, 2.05) is 26.0 Å². The lowest BCUT2D eigenvalue weighted by molar-refractivity contribution is -0.125. The largest absolute Gasteiger partial charge is 0.490 e. The van der Waals surface area contributed by atoms with Gasteiger partial charge in [-0.05, 0) is 61.3 Å². The Hall–Kier alpha value is -2.61. The van der Waals surface area contributed by atoms with Crippen LogP contribution in [0.4, 0.5) is 9.18 Å². The molecule has 1 aliphatic heterocycles. The number of piperidine rings is 1. The van der Waals surface area contributed by atoms with Crippen LogP contribution < -0.4 is 10.1 Å². The normalized spacial score (nSPS) is 19.7. The second kappa shape index (κ2) is 11.0. The second-order valence-electron chi connectivity index (χ2n) is 9.91. The van der Waals surface area contributed by atoms with Crippen molar-refractivity contribution in [3.8, 4) is 5.75 Å². The summed E-state index contributed by atoms with van der Waals surface area (Å²) >= 11 is 0. The molecule has 3 rings (SSSR count). The van der Waals surface area contributed by atoms with E-state index < -0.39 is 11.9 Å². The Bertz CT molecular complexity index is 878. The molecule has 1 saturated heterocycles. The van der Waals surface area contributed by atoms with Crippen molar-refractivity contribution in [1.82, 2.24) is 10.2 Å². The number of carbonyl (C=O) groups excluding carboxylic acids is 1. The third-order valence-corrected chi connectivity index (χ3v) is 6.61. The molecule has 33 heavy (non-hydrogen) atoms. The summed E-state index contributed by atoms with van der Waals surface area (Å²) in [4.78, 5) is 24.8. The molecule has 182 valence electrons. The van der Waals surface area contributed by atoms with Gasteiger partial charge in [0.25, 0.3) is 0 Å². The monoisotopic (exact) mass is 462 g/mol. The predicted molar refractivity (Wildman–Crippen MR) is 123 cm³/mol. The number of hydrogen-bond acceptors (Lipinski definition) is 4. The van der Waals surface area contributed by atoms with Gasteiger partial charge in [-0.15, -0.1) is 0 Å². The summed E-state index contributed by atoms with van der Waals surface area (Å²) in [6.45, 7) is 5.58. The molecule has 1 aliphatic carbocycles. The zero-order valence-electron chi connectivity index (χ0n) is 19.5. The zero-order chi connectivity index (χ0) is 24.0. The van der Waals surface area contributed by atoms with Gasteiger partial charge in [0, 0.05) is 37.6 Å². The van der Waals surface area contributed by atoms with Gasteiger partial charge < -0.3 is 25.2 Å². The van der Waals surface area contributed by atoms with E-state index in [9.17, 15) is 19.1 Å². The van der Waals surface area contributed by atoms with Crippen LogP contribution in [0.5, 0.6) is 5.75 Å². The molecule has 1 fully saturated rings. The number of hydrogen-bond donors (Lipinski definition) is 3. The molecule has 0 radical (unpaired) electrons. The maximum absolute atomic E-state index is 14.7. The van der Waals surface area contributed by atoms with Crippen molar-refractivity contribution in [1.29, 1.82) is 0 Å². The van der Waals surface area contributed by atoms with Crippen LogP contribution in [0, 0.1) is 23.1 Å². The molecule has 3 N–H and O–H groups in total. The van der Waals surface area contributed by atoms with Crippen LogP contribution in [-0.2, 0) is 4.79 Å². The number of nitrogens with one attached hydrogen (secondary N) is 1. The number of nitrogens with zero attached hydrogens (tertiary/aromatic N) is 1. The Balaban J connectivity index is 1.50. The maximum Gasteiger partial charge on any atom is 0.407 e. The van der Waals surface area contributed by atoms with E-state index in [-0.39, 0.29) is 35.5 Å². The van der Waals surface area contributed by atoms with Crippen LogP contribution in [-0.4, -0.2) is 60.0 Å². The van der Waals surface area contributed by atoms with Gasteiger partial charge >= 0.3 is 6.09 Å². The Morgan fingerprint density at radius 2 is 1.97 bits per heavy atom. The minimum Gasteiger partial charge on any atom is -0.490 e. The minimum absolute atomic E-state index is 0.00376. The van der Waals surface area contributed by atoms with Crippen LogP contribution in [0.25, 0.3) is 5.57 Å². The Morgan fingerprint density at radius 3 is 2.55 bits per heavy atom. The summed E-state index contributed by atoms with van der Waals surface area (Å²) in [5.41, 5.74) is 1.48. The topological polar surface area (TPSA) is 99.1 Å². The number of likely N-dealkylation sites (tertiary alicyclic amines) is 1. The van der Waals surface area contributed by atoms with E-state index in [0.29, 0.717) is 58.3 Å². The molecule has 1 atom stereocenters. The second-order valence-corrected chi connectivity index (χ2v) is 9.91. The number of benzene rings is 1. The summed E-state index contributed by atoms with van der Waals surface area (Å²) in [7, 11) is 0. The first kappa shape index (κ1) is 25.0. The number of aliphatic hydroxyl groups is 1. The number of rotatable bonds is 8. The molecular weight excluding hydrogens is 427 g/mol. The fourth-order valence-electron chi connectivity index (χ4n) is 4.18. The van der Waals surface area contributed by atoms with E-state index in [2.05, 4.69) is 5.32 Å². The maximum atomic E-state index is 14.7. The molecule has 0 bridgehead atoms. The van der Waals surface area contributed by atoms with E-state index in [1.54, 1.807) is 6.07 Å². The number of allylic oxidation sites excluding steroid dienone is 2. The summed E-state index contributed by atoms with van der Waals surface area (Å²) < 4.78 is 20.4. The number of carboxylic acid groups (broad SMARTS) is 1. The molecule has 0 saturated carbocycles. The summed E-state index contributed by atoms with van der Waals surface area (Å²) in [5.74, 6) is -0.104. The van der Waals surface area contributed by atoms with Gasteiger partial charge in [0.05, 0.1) is 6.61 Å². The molecule has 0 spiro atoms. The molecule has 1 aromatic rings. The molecule has 1 unspecified atom stereocenters. The molecule has 2 aliphatic rings. The van der Waals surface area contributed by atoms with Crippen molar-refractivity contribution in [2.45, 2.75) is 46.0 Å². The lowest BCUT2D eigenvalue weighted by Gasteiger charge is -2.29. The van der Waals surface area contributed by atoms with E-state index in [1.165, 1.54) is 11.0 Å². The predicted octanol–water partition coefficient (Wildman–Crippen LogP) is 3.91. The van der Waals surface area contributed by atoms with Gasteiger partial charge in [-0.3, -0.25) is 4.79 Å². The highest BCUT2D eigenvalue weighted by molar-refractivity contribution is 5.80. The van der Waals surface area contributed by atoms with E-state index in [0.717, 1.165) is 11.1 Å². The van der Waals surface area contributed by atoms with E-state index in [4.69, 9.17) is 9.84 Å². The number of carbonyl (C=O) groups is 2. The standard InChI is InChI=1S/C25H35FN2O5/c1-25(2,16-29)15-27-23(30)19-5-3-18(4-6-19)20-7-8-22(21(26)13-20)33-14-17-9-11-28(12-10-17)24(31)32/h3,7-8,13,17,19,29H,4-6,9-12,14-16H2,1-2H3,(H,27,30)(H,31,32). The zero-order valence-corrected chi connectivity index (χ0v) is 19.5. The minimum atomic E-state index is -0.898. The lowest BCUT2D eigenvalue weighted by atomic mass is 9.85. The molecule has 7 nitrogen and oxygen atoms in total. The van der Waals surface area contributed by atoms with Crippen LogP contribution in [0.1, 0.15) is 51.5 Å². The molecule has 1 heterocycles. The third kappa shape index (κ3) is 6.93. The Labute approximate surface area is 194 Å². The van der Waals surface area contributed by atoms with Crippen molar-refractivity contribution in [2.75, 3.05) is 32.8 Å². The first-order valence-corrected chi connectivity index (χ1v) is 11.7. The third-order valence-electron chi connectivity index (χ3n) is 6.61. The highest BCUT2D eigenvalue weighted by Crippen LogP contribution is 2.32. The Morgan fingerprint density at radius 1 is 1.24 bits per heavy atom. The van der Waals surface area contributed by atoms with Gasteiger partial charge in [-0.1, -0.05) is 26.0 Å². The number of amides is 2. The van der Waals surface area contributed by atoms with Crippen molar-refractivity contribution in [3.63, 3.8) is 0 Å². The first-order chi connectivity index (χ1) is 15.7. The highest BCUT2D eigenvalue weighted by Gasteiger charge is 2.25. The van der Waals surface area contributed by atoms with Crippen molar-refractivity contribution in [2.24, 2.45) is 17.3 Å². The molecule has 0 aromatic heterocycles. The first-order valence-electron chi connectivity index (χ1n) is 11.7. The van der Waals surface area contributed by atoms with Gasteiger partial charge in [0.15, 0.2) is 11.6 Å². The number of halogens is 1. The van der Waals surface area contributed by atoms with Crippen LogP contribution in [0.3, 0.4) is 0 Å². The number of ether oxygens (including phenoxy) is 1. The fraction of sp³-hybridized carbons (Fsp3) is 0.600. The molecular formula is C25H35FN2O5.